The first-order valence-electron chi connectivity index (χ1n) is 9.43. The fraction of sp³-hybridized carbons (Fsp3) is 0.318. The number of benzene rings is 2. The molecule has 0 aliphatic carbocycles. The van der Waals surface area contributed by atoms with E-state index < -0.39 is 0 Å². The van der Waals surface area contributed by atoms with Crippen LogP contribution in [0.3, 0.4) is 0 Å². The Hall–Kier alpha value is -3.17. The van der Waals surface area contributed by atoms with Gasteiger partial charge < -0.3 is 10.6 Å². The molecule has 0 aliphatic heterocycles. The van der Waals surface area contributed by atoms with E-state index in [0.717, 1.165) is 18.7 Å². The van der Waals surface area contributed by atoms with Gasteiger partial charge in [-0.05, 0) is 56.3 Å². The molecule has 2 aromatic carbocycles. The van der Waals surface area contributed by atoms with Gasteiger partial charge in [-0.3, -0.25) is 14.5 Å². The molecule has 6 heteroatoms. The number of carbonyl (C=O) groups is 2. The van der Waals surface area contributed by atoms with Gasteiger partial charge in [-0.1, -0.05) is 25.1 Å². The van der Waals surface area contributed by atoms with Crippen LogP contribution in [0.4, 0.5) is 11.4 Å². The lowest BCUT2D eigenvalue weighted by molar-refractivity contribution is -0.122. The van der Waals surface area contributed by atoms with Crippen molar-refractivity contribution in [2.75, 3.05) is 23.7 Å². The molecule has 0 spiro atoms. The molecule has 0 saturated heterocycles. The average Bonchev–Trinajstić information content (AvgIpc) is 2.72. The number of amides is 2. The number of nitrogens with zero attached hydrogens (tertiary/aromatic N) is 2. The zero-order valence-electron chi connectivity index (χ0n) is 16.3. The molecule has 28 heavy (non-hydrogen) atoms. The van der Waals surface area contributed by atoms with Gasteiger partial charge in [0.2, 0.25) is 11.8 Å². The van der Waals surface area contributed by atoms with E-state index in [2.05, 4.69) is 10.6 Å². The number of rotatable bonds is 9. The van der Waals surface area contributed by atoms with Crippen LogP contribution in [0.25, 0.3) is 0 Å². The monoisotopic (exact) mass is 378 g/mol. The summed E-state index contributed by atoms with van der Waals surface area (Å²) in [6, 6.07) is 17.8. The third-order valence-electron chi connectivity index (χ3n) is 4.40. The van der Waals surface area contributed by atoms with E-state index >= 15 is 0 Å². The zero-order valence-corrected chi connectivity index (χ0v) is 16.3. The number of hydrogen-bond acceptors (Lipinski definition) is 4. The molecule has 0 saturated carbocycles. The van der Waals surface area contributed by atoms with Crippen LogP contribution in [-0.4, -0.2) is 35.8 Å². The van der Waals surface area contributed by atoms with Gasteiger partial charge in [0.25, 0.3) is 0 Å². The molecule has 2 amide bonds. The third-order valence-corrected chi connectivity index (χ3v) is 4.40. The van der Waals surface area contributed by atoms with Gasteiger partial charge in [-0.15, -0.1) is 0 Å². The summed E-state index contributed by atoms with van der Waals surface area (Å²) >= 11 is 0. The van der Waals surface area contributed by atoms with Gasteiger partial charge in [0.15, 0.2) is 0 Å². The predicted molar refractivity (Wildman–Crippen MR) is 111 cm³/mol. The van der Waals surface area contributed by atoms with E-state index in [0.29, 0.717) is 17.8 Å². The van der Waals surface area contributed by atoms with Crippen LogP contribution in [0, 0.1) is 11.3 Å². The Morgan fingerprint density at radius 1 is 1.00 bits per heavy atom. The van der Waals surface area contributed by atoms with Crippen molar-refractivity contribution in [1.29, 1.82) is 5.26 Å². The highest BCUT2D eigenvalue weighted by Crippen LogP contribution is 2.11. The Kier molecular flexibility index (Phi) is 8.19. The Morgan fingerprint density at radius 3 is 2.25 bits per heavy atom. The van der Waals surface area contributed by atoms with Gasteiger partial charge in [0, 0.05) is 24.3 Å². The Morgan fingerprint density at radius 2 is 1.64 bits per heavy atom. The van der Waals surface area contributed by atoms with Gasteiger partial charge in [0.05, 0.1) is 17.7 Å². The van der Waals surface area contributed by atoms with E-state index in [9.17, 15) is 9.59 Å². The molecule has 0 aliphatic rings. The standard InChI is InChI=1S/C22H26N4O2/c1-3-14-26(17(2)22(28)25-19-7-5-4-6-8-19)15-13-21(27)24-20-11-9-18(16-23)10-12-20/h4-12,17H,3,13-15H2,1-2H3,(H,24,27)(H,25,28). The quantitative estimate of drug-likeness (QED) is 0.698. The van der Waals surface area contributed by atoms with Crippen LogP contribution < -0.4 is 10.6 Å². The summed E-state index contributed by atoms with van der Waals surface area (Å²) in [5, 5.41) is 14.6. The van der Waals surface area contributed by atoms with E-state index in [-0.39, 0.29) is 24.3 Å². The number of para-hydroxylation sites is 1. The lowest BCUT2D eigenvalue weighted by atomic mass is 10.2. The van der Waals surface area contributed by atoms with Crippen molar-refractivity contribution in [3.05, 3.63) is 60.2 Å². The second-order valence-electron chi connectivity index (χ2n) is 6.55. The summed E-state index contributed by atoms with van der Waals surface area (Å²) in [7, 11) is 0. The highest BCUT2D eigenvalue weighted by molar-refractivity contribution is 5.94. The summed E-state index contributed by atoms with van der Waals surface area (Å²) in [6.45, 7) is 5.12. The molecule has 2 aromatic rings. The molecule has 0 heterocycles. The first-order valence-corrected chi connectivity index (χ1v) is 9.43. The Labute approximate surface area is 166 Å². The van der Waals surface area contributed by atoms with E-state index in [1.54, 1.807) is 24.3 Å². The van der Waals surface area contributed by atoms with Crippen molar-refractivity contribution < 1.29 is 9.59 Å². The van der Waals surface area contributed by atoms with Crippen molar-refractivity contribution in [2.24, 2.45) is 0 Å². The third kappa shape index (κ3) is 6.53. The summed E-state index contributed by atoms with van der Waals surface area (Å²) in [6.07, 6.45) is 1.17. The largest absolute Gasteiger partial charge is 0.326 e. The molecule has 0 radical (unpaired) electrons. The molecular formula is C22H26N4O2. The minimum Gasteiger partial charge on any atom is -0.326 e. The number of hydrogen-bond donors (Lipinski definition) is 2. The van der Waals surface area contributed by atoms with E-state index in [1.807, 2.05) is 55.1 Å². The molecule has 0 fully saturated rings. The van der Waals surface area contributed by atoms with Gasteiger partial charge in [-0.25, -0.2) is 0 Å². The smallest absolute Gasteiger partial charge is 0.241 e. The Bertz CT molecular complexity index is 813. The summed E-state index contributed by atoms with van der Waals surface area (Å²) in [4.78, 5) is 26.8. The summed E-state index contributed by atoms with van der Waals surface area (Å²) in [5.41, 5.74) is 1.96. The molecular weight excluding hydrogens is 352 g/mol. The number of carbonyl (C=O) groups excluding carboxylic acids is 2. The van der Waals surface area contributed by atoms with Crippen molar-refractivity contribution >= 4 is 23.2 Å². The molecule has 6 nitrogen and oxygen atoms in total. The van der Waals surface area contributed by atoms with Crippen LogP contribution in [0.1, 0.15) is 32.3 Å². The molecule has 146 valence electrons. The fourth-order valence-electron chi connectivity index (χ4n) is 2.82. The molecule has 1 unspecified atom stereocenters. The van der Waals surface area contributed by atoms with Crippen molar-refractivity contribution in [1.82, 2.24) is 4.90 Å². The number of nitrogens with one attached hydrogen (secondary N) is 2. The highest BCUT2D eigenvalue weighted by Gasteiger charge is 2.21. The lowest BCUT2D eigenvalue weighted by Gasteiger charge is -2.27. The first kappa shape index (κ1) is 21.1. The lowest BCUT2D eigenvalue weighted by Crippen LogP contribution is -2.43. The van der Waals surface area contributed by atoms with Crippen LogP contribution in [0.15, 0.2) is 54.6 Å². The molecule has 0 aromatic heterocycles. The Balaban J connectivity index is 1.88. The average molecular weight is 378 g/mol. The maximum absolute atomic E-state index is 12.5. The molecule has 0 bridgehead atoms. The first-order chi connectivity index (χ1) is 13.5. The minimum atomic E-state index is -0.345. The second kappa shape index (κ2) is 10.9. The topological polar surface area (TPSA) is 85.2 Å². The van der Waals surface area contributed by atoms with Crippen LogP contribution in [-0.2, 0) is 9.59 Å². The second-order valence-corrected chi connectivity index (χ2v) is 6.55. The van der Waals surface area contributed by atoms with Crippen molar-refractivity contribution in [3.63, 3.8) is 0 Å². The van der Waals surface area contributed by atoms with Crippen LogP contribution >= 0.6 is 0 Å². The predicted octanol–water partition coefficient (Wildman–Crippen LogP) is 3.63. The molecule has 2 rings (SSSR count). The van der Waals surface area contributed by atoms with Crippen molar-refractivity contribution in [2.45, 2.75) is 32.7 Å². The molecule has 2 N–H and O–H groups in total. The van der Waals surface area contributed by atoms with Crippen LogP contribution in [0.2, 0.25) is 0 Å². The van der Waals surface area contributed by atoms with E-state index in [1.165, 1.54) is 0 Å². The SMILES string of the molecule is CCCN(CCC(=O)Nc1ccc(C#N)cc1)C(C)C(=O)Nc1ccccc1. The normalized spacial score (nSPS) is 11.5. The zero-order chi connectivity index (χ0) is 20.4. The molecule has 1 atom stereocenters. The fourth-order valence-corrected chi connectivity index (χ4v) is 2.82. The minimum absolute atomic E-state index is 0.0906. The van der Waals surface area contributed by atoms with Gasteiger partial charge in [0.1, 0.15) is 0 Å². The van der Waals surface area contributed by atoms with Gasteiger partial charge >= 0.3 is 0 Å². The van der Waals surface area contributed by atoms with Gasteiger partial charge in [-0.2, -0.15) is 5.26 Å². The van der Waals surface area contributed by atoms with Crippen molar-refractivity contribution in [3.8, 4) is 6.07 Å². The number of nitriles is 1. The van der Waals surface area contributed by atoms with Crippen LogP contribution in [0.5, 0.6) is 0 Å². The summed E-state index contributed by atoms with van der Waals surface area (Å²) < 4.78 is 0. The maximum Gasteiger partial charge on any atom is 0.241 e. The summed E-state index contributed by atoms with van der Waals surface area (Å²) in [5.74, 6) is -0.214. The number of anilines is 2. The maximum atomic E-state index is 12.5. The van der Waals surface area contributed by atoms with E-state index in [4.69, 9.17) is 5.26 Å². The highest BCUT2D eigenvalue weighted by atomic mass is 16.2.